The van der Waals surface area contributed by atoms with E-state index in [1.807, 2.05) is 13.8 Å². The van der Waals surface area contributed by atoms with Crippen molar-refractivity contribution in [2.24, 2.45) is 0 Å². The molecule has 0 bridgehead atoms. The number of halogens is 1. The normalized spacial score (nSPS) is 9.67. The summed E-state index contributed by atoms with van der Waals surface area (Å²) in [5.74, 6) is 0. The van der Waals surface area contributed by atoms with Crippen molar-refractivity contribution in [3.63, 3.8) is 0 Å². The maximum atomic E-state index is 4.02. The van der Waals surface area contributed by atoms with Gasteiger partial charge in [0.1, 0.15) is 0 Å². The average molecular weight is 188 g/mol. The first-order chi connectivity index (χ1) is 4.20. The molecular weight excluding hydrogens is 182 g/mol. The molecule has 1 aromatic rings. The molecule has 0 saturated carbocycles. The fourth-order valence-electron chi connectivity index (χ4n) is 0.430. The average Bonchev–Trinajstić information content (AvgIpc) is 1.80. The highest BCUT2D eigenvalue weighted by atomic mass is 79.9. The van der Waals surface area contributed by atoms with Crippen molar-refractivity contribution in [3.05, 3.63) is 16.1 Å². The van der Waals surface area contributed by atoms with Crippen molar-refractivity contribution in [1.29, 1.82) is 0 Å². The summed E-state index contributed by atoms with van der Waals surface area (Å²) in [6.45, 7) is 3.77. The monoisotopic (exact) mass is 187 g/mol. The van der Waals surface area contributed by atoms with Crippen LogP contribution < -0.4 is 0 Å². The molecule has 1 rings (SSSR count). The van der Waals surface area contributed by atoms with Crippen molar-refractivity contribution >= 4 is 15.9 Å². The van der Waals surface area contributed by atoms with Gasteiger partial charge in [-0.05, 0) is 29.8 Å². The van der Waals surface area contributed by atoms with Crippen LogP contribution in [-0.2, 0) is 0 Å². The Bertz CT molecular complexity index is 223. The largest absolute Gasteiger partial charge is 0.224 e. The highest BCUT2D eigenvalue weighted by Gasteiger charge is 1.95. The molecule has 0 amide bonds. The summed E-state index contributed by atoms with van der Waals surface area (Å²) in [6.07, 6.45) is 0. The maximum absolute atomic E-state index is 4.02. The number of hydrogen-bond acceptors (Lipinski definition) is 3. The molecule has 0 aliphatic carbocycles. The molecule has 3 nitrogen and oxygen atoms in total. The fraction of sp³-hybridized carbons (Fsp3) is 0.400. The molecule has 0 fully saturated rings. The van der Waals surface area contributed by atoms with Crippen LogP contribution in [0.5, 0.6) is 0 Å². The molecule has 0 unspecified atom stereocenters. The predicted molar refractivity (Wildman–Crippen MR) is 37.0 cm³/mol. The van der Waals surface area contributed by atoms with E-state index in [4.69, 9.17) is 0 Å². The maximum Gasteiger partial charge on any atom is 0.218 e. The summed E-state index contributed by atoms with van der Waals surface area (Å²) in [4.78, 5) is 4.02. The lowest BCUT2D eigenvalue weighted by Gasteiger charge is -1.93. The fourth-order valence-corrected chi connectivity index (χ4v) is 0.776. The third kappa shape index (κ3) is 1.45. The molecule has 0 aromatic carbocycles. The van der Waals surface area contributed by atoms with E-state index in [1.165, 1.54) is 0 Å². The third-order valence-corrected chi connectivity index (χ3v) is 1.40. The van der Waals surface area contributed by atoms with Crippen molar-refractivity contribution in [3.8, 4) is 0 Å². The molecule has 1 aromatic heterocycles. The summed E-state index contributed by atoms with van der Waals surface area (Å²) in [5, 5.41) is 7.51. The third-order valence-electron chi connectivity index (χ3n) is 1.07. The van der Waals surface area contributed by atoms with E-state index in [-0.39, 0.29) is 0 Å². The van der Waals surface area contributed by atoms with Crippen LogP contribution in [0.1, 0.15) is 11.4 Å². The SMILES string of the molecule is Cc1nnc(Br)nc1C. The first-order valence-electron chi connectivity index (χ1n) is 2.53. The Balaban J connectivity index is 3.17. The van der Waals surface area contributed by atoms with Crippen molar-refractivity contribution in [2.75, 3.05) is 0 Å². The Morgan fingerprint density at radius 2 is 1.78 bits per heavy atom. The van der Waals surface area contributed by atoms with Gasteiger partial charge in [-0.15, -0.1) is 5.10 Å². The molecule has 0 radical (unpaired) electrons. The predicted octanol–water partition coefficient (Wildman–Crippen LogP) is 1.25. The smallest absolute Gasteiger partial charge is 0.218 e. The summed E-state index contributed by atoms with van der Waals surface area (Å²) < 4.78 is 0.547. The minimum atomic E-state index is 0.547. The van der Waals surface area contributed by atoms with Crippen LogP contribution in [0.2, 0.25) is 0 Å². The minimum Gasteiger partial charge on any atom is -0.224 e. The standard InChI is InChI=1S/C5H6BrN3/c1-3-4(2)8-9-5(6)7-3/h1-2H3. The molecule has 0 saturated heterocycles. The highest BCUT2D eigenvalue weighted by Crippen LogP contribution is 2.02. The van der Waals surface area contributed by atoms with Gasteiger partial charge in [0.15, 0.2) is 0 Å². The number of aryl methyl sites for hydroxylation is 2. The quantitative estimate of drug-likeness (QED) is 0.614. The van der Waals surface area contributed by atoms with Crippen LogP contribution in [0.3, 0.4) is 0 Å². The number of aromatic nitrogens is 3. The van der Waals surface area contributed by atoms with Gasteiger partial charge in [0.25, 0.3) is 0 Å². The van der Waals surface area contributed by atoms with Crippen LogP contribution in [0.4, 0.5) is 0 Å². The van der Waals surface area contributed by atoms with Crippen LogP contribution >= 0.6 is 15.9 Å². The first-order valence-corrected chi connectivity index (χ1v) is 3.33. The lowest BCUT2D eigenvalue weighted by Crippen LogP contribution is -1.94. The van der Waals surface area contributed by atoms with Gasteiger partial charge >= 0.3 is 0 Å². The Morgan fingerprint density at radius 1 is 1.11 bits per heavy atom. The zero-order chi connectivity index (χ0) is 6.85. The second-order valence-electron chi connectivity index (χ2n) is 1.75. The highest BCUT2D eigenvalue weighted by molar-refractivity contribution is 9.10. The van der Waals surface area contributed by atoms with Crippen LogP contribution in [0, 0.1) is 13.8 Å². The van der Waals surface area contributed by atoms with E-state index in [9.17, 15) is 0 Å². The van der Waals surface area contributed by atoms with Crippen molar-refractivity contribution < 1.29 is 0 Å². The zero-order valence-corrected chi connectivity index (χ0v) is 6.81. The molecule has 0 atom stereocenters. The Morgan fingerprint density at radius 3 is 2.22 bits per heavy atom. The summed E-state index contributed by atoms with van der Waals surface area (Å²) >= 11 is 3.11. The molecule has 48 valence electrons. The zero-order valence-electron chi connectivity index (χ0n) is 5.22. The Hall–Kier alpha value is -0.510. The summed E-state index contributed by atoms with van der Waals surface area (Å²) in [6, 6.07) is 0. The van der Waals surface area contributed by atoms with Gasteiger partial charge in [-0.3, -0.25) is 0 Å². The van der Waals surface area contributed by atoms with Gasteiger partial charge in [0.05, 0.1) is 11.4 Å². The van der Waals surface area contributed by atoms with E-state index in [1.54, 1.807) is 0 Å². The van der Waals surface area contributed by atoms with E-state index in [0.29, 0.717) is 4.73 Å². The molecule has 0 aliphatic rings. The molecule has 0 aliphatic heterocycles. The van der Waals surface area contributed by atoms with Gasteiger partial charge in [-0.1, -0.05) is 0 Å². The van der Waals surface area contributed by atoms with Crippen molar-refractivity contribution in [1.82, 2.24) is 15.2 Å². The van der Waals surface area contributed by atoms with Crippen LogP contribution in [0.25, 0.3) is 0 Å². The van der Waals surface area contributed by atoms with Crippen LogP contribution in [0.15, 0.2) is 4.73 Å². The van der Waals surface area contributed by atoms with Gasteiger partial charge in [0, 0.05) is 0 Å². The van der Waals surface area contributed by atoms with Crippen molar-refractivity contribution in [2.45, 2.75) is 13.8 Å². The van der Waals surface area contributed by atoms with Crippen LogP contribution in [-0.4, -0.2) is 15.2 Å². The summed E-state index contributed by atoms with van der Waals surface area (Å²) in [7, 11) is 0. The molecular formula is C5H6BrN3. The second kappa shape index (κ2) is 2.39. The molecule has 1 heterocycles. The van der Waals surface area contributed by atoms with Gasteiger partial charge in [-0.25, -0.2) is 4.98 Å². The lowest BCUT2D eigenvalue weighted by atomic mass is 10.4. The molecule has 0 N–H and O–H groups in total. The van der Waals surface area contributed by atoms with Gasteiger partial charge in [-0.2, -0.15) is 5.10 Å². The number of rotatable bonds is 0. The lowest BCUT2D eigenvalue weighted by molar-refractivity contribution is 0.867. The Labute approximate surface area is 61.7 Å². The van der Waals surface area contributed by atoms with E-state index in [0.717, 1.165) is 11.4 Å². The minimum absolute atomic E-state index is 0.547. The number of hydrogen-bond donors (Lipinski definition) is 0. The topological polar surface area (TPSA) is 38.7 Å². The Kier molecular flexibility index (Phi) is 1.75. The summed E-state index contributed by atoms with van der Waals surface area (Å²) in [5.41, 5.74) is 1.79. The molecule has 0 spiro atoms. The van der Waals surface area contributed by atoms with Gasteiger partial charge in [0.2, 0.25) is 4.73 Å². The second-order valence-corrected chi connectivity index (χ2v) is 2.46. The van der Waals surface area contributed by atoms with E-state index >= 15 is 0 Å². The van der Waals surface area contributed by atoms with E-state index < -0.39 is 0 Å². The number of nitrogens with zero attached hydrogens (tertiary/aromatic N) is 3. The molecule has 4 heteroatoms. The molecule has 9 heavy (non-hydrogen) atoms. The van der Waals surface area contributed by atoms with E-state index in [2.05, 4.69) is 31.1 Å². The van der Waals surface area contributed by atoms with Gasteiger partial charge < -0.3 is 0 Å². The first kappa shape index (κ1) is 6.61.